The van der Waals surface area contributed by atoms with E-state index in [0.29, 0.717) is 0 Å². The fourth-order valence-corrected chi connectivity index (χ4v) is 3.94. The molecule has 0 N–H and O–H groups in total. The molecule has 1 aliphatic rings. The second-order valence-electron chi connectivity index (χ2n) is 6.08. The van der Waals surface area contributed by atoms with E-state index in [0.717, 1.165) is 22.0 Å². The summed E-state index contributed by atoms with van der Waals surface area (Å²) in [5, 5.41) is 9.43. The number of nitriles is 1. The molecule has 1 fully saturated rings. The maximum atomic E-state index is 9.43. The van der Waals surface area contributed by atoms with Gasteiger partial charge in [0, 0.05) is 33.5 Å². The van der Waals surface area contributed by atoms with Crippen molar-refractivity contribution in [2.45, 2.75) is 32.2 Å². The van der Waals surface area contributed by atoms with E-state index in [-0.39, 0.29) is 17.4 Å². The van der Waals surface area contributed by atoms with E-state index in [1.54, 1.807) is 0 Å². The van der Waals surface area contributed by atoms with Crippen LogP contribution in [0.1, 0.15) is 32.3 Å². The van der Waals surface area contributed by atoms with Crippen LogP contribution in [0.15, 0.2) is 27.1 Å². The summed E-state index contributed by atoms with van der Waals surface area (Å²) in [5.41, 5.74) is 1.35. The number of likely N-dealkylation sites (tertiary alicyclic amines) is 1. The Balaban J connectivity index is 2.31. The Bertz CT molecular complexity index is 514. The summed E-state index contributed by atoms with van der Waals surface area (Å²) >= 11 is 7.10. The summed E-state index contributed by atoms with van der Waals surface area (Å²) in [6.07, 6.45) is 0. The molecule has 4 heteroatoms. The number of rotatable bonds is 1. The highest BCUT2D eigenvalue weighted by Gasteiger charge is 2.39. The summed E-state index contributed by atoms with van der Waals surface area (Å²) in [4.78, 5) is 2.40. The van der Waals surface area contributed by atoms with Crippen molar-refractivity contribution in [1.82, 2.24) is 4.90 Å². The van der Waals surface area contributed by atoms with Crippen molar-refractivity contribution in [3.05, 3.63) is 32.7 Å². The van der Waals surface area contributed by atoms with Gasteiger partial charge in [0.2, 0.25) is 0 Å². The summed E-state index contributed by atoms with van der Waals surface area (Å²) in [6.45, 7) is 8.43. The van der Waals surface area contributed by atoms with Gasteiger partial charge in [0.05, 0.1) is 12.0 Å². The molecule has 0 bridgehead atoms. The second-order valence-corrected chi connectivity index (χ2v) is 7.85. The SMILES string of the molecule is CC(C)(C)N1C[C@H](c2ccc(Br)cc2Br)[C@@H](C#N)C1. The van der Waals surface area contributed by atoms with Crippen LogP contribution in [0.3, 0.4) is 0 Å². The molecule has 102 valence electrons. The zero-order valence-corrected chi connectivity index (χ0v) is 14.6. The predicted molar refractivity (Wildman–Crippen MR) is 85.0 cm³/mol. The first-order valence-electron chi connectivity index (χ1n) is 6.42. The highest BCUT2D eigenvalue weighted by Crippen LogP contribution is 2.39. The molecule has 0 aliphatic carbocycles. The van der Waals surface area contributed by atoms with E-state index in [1.807, 2.05) is 6.07 Å². The molecule has 0 saturated carbocycles. The Kier molecular flexibility index (Phi) is 4.39. The molecule has 0 amide bonds. The first-order valence-corrected chi connectivity index (χ1v) is 8.01. The normalized spacial score (nSPS) is 24.4. The van der Waals surface area contributed by atoms with Gasteiger partial charge in [-0.05, 0) is 38.5 Å². The van der Waals surface area contributed by atoms with Crippen LogP contribution in [0, 0.1) is 17.2 Å². The van der Waals surface area contributed by atoms with Gasteiger partial charge in [-0.3, -0.25) is 4.90 Å². The minimum absolute atomic E-state index is 0.0664. The van der Waals surface area contributed by atoms with Crippen LogP contribution < -0.4 is 0 Å². The number of halogens is 2. The van der Waals surface area contributed by atoms with Crippen molar-refractivity contribution in [2.75, 3.05) is 13.1 Å². The van der Waals surface area contributed by atoms with Crippen molar-refractivity contribution < 1.29 is 0 Å². The van der Waals surface area contributed by atoms with Gasteiger partial charge in [-0.2, -0.15) is 5.26 Å². The van der Waals surface area contributed by atoms with Crippen LogP contribution >= 0.6 is 31.9 Å². The monoisotopic (exact) mass is 384 g/mol. The molecule has 2 rings (SSSR count). The van der Waals surface area contributed by atoms with Gasteiger partial charge in [0.1, 0.15) is 0 Å². The largest absolute Gasteiger partial charge is 0.297 e. The van der Waals surface area contributed by atoms with E-state index < -0.39 is 0 Å². The highest BCUT2D eigenvalue weighted by atomic mass is 79.9. The molecule has 1 saturated heterocycles. The van der Waals surface area contributed by atoms with E-state index in [1.165, 1.54) is 5.56 Å². The lowest BCUT2D eigenvalue weighted by atomic mass is 9.90. The second kappa shape index (κ2) is 5.55. The lowest BCUT2D eigenvalue weighted by molar-refractivity contribution is 0.170. The molecule has 0 aromatic heterocycles. The van der Waals surface area contributed by atoms with E-state index in [9.17, 15) is 5.26 Å². The summed E-state index contributed by atoms with van der Waals surface area (Å²) in [6, 6.07) is 8.71. The third kappa shape index (κ3) is 3.21. The van der Waals surface area contributed by atoms with E-state index in [4.69, 9.17) is 0 Å². The minimum atomic E-state index is 0.0664. The topological polar surface area (TPSA) is 27.0 Å². The van der Waals surface area contributed by atoms with Crippen LogP contribution in [0.5, 0.6) is 0 Å². The first kappa shape index (κ1) is 15.0. The Morgan fingerprint density at radius 3 is 2.47 bits per heavy atom. The van der Waals surface area contributed by atoms with Crippen LogP contribution in [0.4, 0.5) is 0 Å². The van der Waals surface area contributed by atoms with Crippen molar-refractivity contribution in [3.8, 4) is 6.07 Å². The molecular formula is C15H18Br2N2. The third-order valence-electron chi connectivity index (χ3n) is 3.80. The van der Waals surface area contributed by atoms with Gasteiger partial charge in [-0.1, -0.05) is 37.9 Å². The Labute approximate surface area is 132 Å². The Morgan fingerprint density at radius 1 is 1.26 bits per heavy atom. The molecule has 2 atom stereocenters. The molecule has 0 radical (unpaired) electrons. The fourth-order valence-electron chi connectivity index (χ4n) is 2.60. The smallest absolute Gasteiger partial charge is 0.0676 e. The zero-order chi connectivity index (χ0) is 14.2. The Hall–Kier alpha value is -0.370. The average Bonchev–Trinajstić information content (AvgIpc) is 2.72. The van der Waals surface area contributed by atoms with E-state index in [2.05, 4.69) is 75.7 Å². The molecule has 1 aromatic carbocycles. The molecule has 1 aromatic rings. The van der Waals surface area contributed by atoms with Gasteiger partial charge >= 0.3 is 0 Å². The first-order chi connectivity index (χ1) is 8.82. The average molecular weight is 386 g/mol. The van der Waals surface area contributed by atoms with Gasteiger partial charge < -0.3 is 0 Å². The summed E-state index contributed by atoms with van der Waals surface area (Å²) in [7, 11) is 0. The summed E-state index contributed by atoms with van der Waals surface area (Å²) < 4.78 is 2.14. The quantitative estimate of drug-likeness (QED) is 0.708. The molecule has 2 nitrogen and oxygen atoms in total. The van der Waals surface area contributed by atoms with Crippen LogP contribution in [-0.4, -0.2) is 23.5 Å². The predicted octanol–water partition coefficient (Wildman–Crippen LogP) is 4.55. The molecule has 1 aliphatic heterocycles. The van der Waals surface area contributed by atoms with Gasteiger partial charge in [-0.25, -0.2) is 0 Å². The molecule has 1 heterocycles. The maximum Gasteiger partial charge on any atom is 0.0676 e. The molecule has 0 unspecified atom stereocenters. The van der Waals surface area contributed by atoms with Crippen molar-refractivity contribution >= 4 is 31.9 Å². The zero-order valence-electron chi connectivity index (χ0n) is 11.5. The van der Waals surface area contributed by atoms with Gasteiger partial charge in [0.15, 0.2) is 0 Å². The molecule has 19 heavy (non-hydrogen) atoms. The van der Waals surface area contributed by atoms with Crippen molar-refractivity contribution in [3.63, 3.8) is 0 Å². The Morgan fingerprint density at radius 2 is 1.95 bits per heavy atom. The van der Waals surface area contributed by atoms with Crippen LogP contribution in [0.25, 0.3) is 0 Å². The highest BCUT2D eigenvalue weighted by molar-refractivity contribution is 9.11. The van der Waals surface area contributed by atoms with Gasteiger partial charge in [0.25, 0.3) is 0 Å². The van der Waals surface area contributed by atoms with Crippen molar-refractivity contribution in [2.24, 2.45) is 5.92 Å². The summed E-state index contributed by atoms with van der Waals surface area (Å²) in [5.74, 6) is 0.350. The van der Waals surface area contributed by atoms with Crippen LogP contribution in [-0.2, 0) is 0 Å². The minimum Gasteiger partial charge on any atom is -0.297 e. The number of hydrogen-bond donors (Lipinski definition) is 0. The van der Waals surface area contributed by atoms with Crippen LogP contribution in [0.2, 0.25) is 0 Å². The third-order valence-corrected chi connectivity index (χ3v) is 4.98. The lowest BCUT2D eigenvalue weighted by Crippen LogP contribution is -2.39. The number of benzene rings is 1. The van der Waals surface area contributed by atoms with Crippen molar-refractivity contribution in [1.29, 1.82) is 5.26 Å². The molecule has 0 spiro atoms. The van der Waals surface area contributed by atoms with E-state index >= 15 is 0 Å². The molecular weight excluding hydrogens is 368 g/mol. The number of nitrogens with zero attached hydrogens (tertiary/aromatic N) is 2. The number of hydrogen-bond acceptors (Lipinski definition) is 2. The standard InChI is InChI=1S/C15H18Br2N2/c1-15(2,3)19-8-10(7-18)13(9-19)12-5-4-11(16)6-14(12)17/h4-6,10,13H,8-9H2,1-3H3/t10-,13-/m0/s1. The fraction of sp³-hybridized carbons (Fsp3) is 0.533. The lowest BCUT2D eigenvalue weighted by Gasteiger charge is -2.31. The van der Waals surface area contributed by atoms with Gasteiger partial charge in [-0.15, -0.1) is 0 Å². The maximum absolute atomic E-state index is 9.43.